The lowest BCUT2D eigenvalue weighted by molar-refractivity contribution is -0.113. The standard InChI is InChI=1S/C7H6N2O/c1-5(6(2)10)7(3-8)4-9/h1-2H3. The molecule has 0 rings (SSSR count). The normalized spacial score (nSPS) is 7.20. The summed E-state index contributed by atoms with van der Waals surface area (Å²) in [6.45, 7) is 2.79. The molecule has 0 unspecified atom stereocenters. The maximum absolute atomic E-state index is 10.5. The molecule has 0 aromatic carbocycles. The Balaban J connectivity index is 4.89. The first-order chi connectivity index (χ1) is 4.63. The zero-order valence-electron chi connectivity index (χ0n) is 5.80. The highest BCUT2D eigenvalue weighted by Crippen LogP contribution is 2.01. The predicted octanol–water partition coefficient (Wildman–Crippen LogP) is 0.939. The number of nitrogens with zero attached hydrogens (tertiary/aromatic N) is 2. The van der Waals surface area contributed by atoms with Crippen molar-refractivity contribution in [1.82, 2.24) is 0 Å². The number of rotatable bonds is 1. The van der Waals surface area contributed by atoms with Crippen LogP contribution < -0.4 is 0 Å². The summed E-state index contributed by atoms with van der Waals surface area (Å²) in [4.78, 5) is 10.5. The van der Waals surface area contributed by atoms with Crippen LogP contribution in [0.1, 0.15) is 13.8 Å². The number of Topliss-reactive ketones (excluding diaryl/α,β-unsaturated/α-hetero) is 1. The van der Waals surface area contributed by atoms with Crippen molar-refractivity contribution >= 4 is 5.78 Å². The largest absolute Gasteiger partial charge is 0.295 e. The van der Waals surface area contributed by atoms with Crippen molar-refractivity contribution in [2.75, 3.05) is 0 Å². The van der Waals surface area contributed by atoms with E-state index in [9.17, 15) is 4.79 Å². The first-order valence-corrected chi connectivity index (χ1v) is 2.65. The van der Waals surface area contributed by atoms with Gasteiger partial charge in [-0.3, -0.25) is 4.79 Å². The number of allylic oxidation sites excluding steroid dienone is 2. The fourth-order valence-corrected chi connectivity index (χ4v) is 0.369. The van der Waals surface area contributed by atoms with E-state index in [1.54, 1.807) is 12.1 Å². The molecule has 0 saturated heterocycles. The van der Waals surface area contributed by atoms with Crippen LogP contribution in [0, 0.1) is 22.7 Å². The SMILES string of the molecule is CC(=O)C(C)=C(C#N)C#N. The third kappa shape index (κ3) is 1.72. The molecule has 0 fully saturated rings. The van der Waals surface area contributed by atoms with Gasteiger partial charge in [-0.05, 0) is 13.8 Å². The zero-order chi connectivity index (χ0) is 8.15. The molecule has 50 valence electrons. The minimum atomic E-state index is -0.238. The second-order valence-corrected chi connectivity index (χ2v) is 1.78. The molecule has 0 atom stereocenters. The summed E-state index contributed by atoms with van der Waals surface area (Å²) in [6.07, 6.45) is 0. The van der Waals surface area contributed by atoms with Crippen LogP contribution in [0.2, 0.25) is 0 Å². The second kappa shape index (κ2) is 3.42. The van der Waals surface area contributed by atoms with E-state index >= 15 is 0 Å². The molecule has 0 heterocycles. The van der Waals surface area contributed by atoms with Gasteiger partial charge in [-0.1, -0.05) is 0 Å². The van der Waals surface area contributed by atoms with Gasteiger partial charge in [-0.25, -0.2) is 0 Å². The molecular formula is C7H6N2O. The first-order valence-electron chi connectivity index (χ1n) is 2.65. The molecule has 3 nitrogen and oxygen atoms in total. The molecule has 0 radical (unpaired) electrons. The quantitative estimate of drug-likeness (QED) is 0.396. The lowest BCUT2D eigenvalue weighted by atomic mass is 10.1. The molecule has 0 amide bonds. The van der Waals surface area contributed by atoms with Crippen molar-refractivity contribution in [3.63, 3.8) is 0 Å². The van der Waals surface area contributed by atoms with E-state index in [0.29, 0.717) is 0 Å². The van der Waals surface area contributed by atoms with E-state index in [1.165, 1.54) is 13.8 Å². The summed E-state index contributed by atoms with van der Waals surface area (Å²) < 4.78 is 0. The van der Waals surface area contributed by atoms with Crippen molar-refractivity contribution in [3.05, 3.63) is 11.1 Å². The second-order valence-electron chi connectivity index (χ2n) is 1.78. The summed E-state index contributed by atoms with van der Waals surface area (Å²) in [5.41, 5.74) is 0.123. The Morgan fingerprint density at radius 1 is 1.20 bits per heavy atom. The number of carbonyl (C=O) groups is 1. The molecule has 0 bridgehead atoms. The number of hydrogen-bond acceptors (Lipinski definition) is 3. The highest BCUT2D eigenvalue weighted by Gasteiger charge is 2.03. The number of carbonyl (C=O) groups excluding carboxylic acids is 1. The maximum Gasteiger partial charge on any atom is 0.157 e. The Labute approximate surface area is 59.2 Å². The van der Waals surface area contributed by atoms with Gasteiger partial charge in [0.2, 0.25) is 0 Å². The van der Waals surface area contributed by atoms with E-state index in [0.717, 1.165) is 0 Å². The van der Waals surface area contributed by atoms with Gasteiger partial charge >= 0.3 is 0 Å². The Morgan fingerprint density at radius 3 is 1.70 bits per heavy atom. The number of hydrogen-bond donors (Lipinski definition) is 0. The van der Waals surface area contributed by atoms with Gasteiger partial charge in [-0.15, -0.1) is 0 Å². The van der Waals surface area contributed by atoms with Gasteiger partial charge in [0.1, 0.15) is 17.7 Å². The van der Waals surface area contributed by atoms with Crippen LogP contribution in [0.15, 0.2) is 11.1 Å². The summed E-state index contributed by atoms with van der Waals surface area (Å²) in [5.74, 6) is -0.238. The van der Waals surface area contributed by atoms with E-state index in [1.807, 2.05) is 0 Å². The highest BCUT2D eigenvalue weighted by molar-refractivity contribution is 5.94. The fraction of sp³-hybridized carbons (Fsp3) is 0.286. The van der Waals surface area contributed by atoms with E-state index in [-0.39, 0.29) is 16.9 Å². The molecule has 0 aromatic rings. The summed E-state index contributed by atoms with van der Waals surface area (Å²) in [5, 5.41) is 16.5. The van der Waals surface area contributed by atoms with Gasteiger partial charge in [0.15, 0.2) is 5.78 Å². The molecule has 0 spiro atoms. The van der Waals surface area contributed by atoms with Crippen molar-refractivity contribution in [1.29, 1.82) is 10.5 Å². The van der Waals surface area contributed by atoms with E-state index < -0.39 is 0 Å². The molecule has 10 heavy (non-hydrogen) atoms. The van der Waals surface area contributed by atoms with Gasteiger partial charge in [-0.2, -0.15) is 10.5 Å². The molecule has 0 aliphatic carbocycles. The van der Waals surface area contributed by atoms with Crippen molar-refractivity contribution in [3.8, 4) is 12.1 Å². The molecule has 0 aliphatic heterocycles. The van der Waals surface area contributed by atoms with Crippen molar-refractivity contribution < 1.29 is 4.79 Å². The minimum absolute atomic E-state index is 0.104. The van der Waals surface area contributed by atoms with Gasteiger partial charge in [0.05, 0.1) is 0 Å². The Kier molecular flexibility index (Phi) is 2.87. The van der Waals surface area contributed by atoms with Crippen LogP contribution in [0.25, 0.3) is 0 Å². The molecular weight excluding hydrogens is 128 g/mol. The average Bonchev–Trinajstić information content (AvgIpc) is 1.90. The number of nitriles is 2. The van der Waals surface area contributed by atoms with Crippen LogP contribution in [0.4, 0.5) is 0 Å². The monoisotopic (exact) mass is 134 g/mol. The summed E-state index contributed by atoms with van der Waals surface area (Å²) in [7, 11) is 0. The maximum atomic E-state index is 10.5. The highest BCUT2D eigenvalue weighted by atomic mass is 16.1. The van der Waals surface area contributed by atoms with Gasteiger partial charge < -0.3 is 0 Å². The summed E-state index contributed by atoms with van der Waals surface area (Å²) in [6, 6.07) is 3.26. The zero-order valence-corrected chi connectivity index (χ0v) is 5.80. The predicted molar refractivity (Wildman–Crippen MR) is 34.6 cm³/mol. The van der Waals surface area contributed by atoms with Crippen LogP contribution in [0.3, 0.4) is 0 Å². The Hall–Kier alpha value is -1.61. The van der Waals surface area contributed by atoms with Crippen molar-refractivity contribution in [2.24, 2.45) is 0 Å². The summed E-state index contributed by atoms with van der Waals surface area (Å²) >= 11 is 0. The average molecular weight is 134 g/mol. The smallest absolute Gasteiger partial charge is 0.157 e. The Morgan fingerprint density at radius 2 is 1.60 bits per heavy atom. The molecule has 0 N–H and O–H groups in total. The fourth-order valence-electron chi connectivity index (χ4n) is 0.369. The van der Waals surface area contributed by atoms with Crippen LogP contribution in [-0.4, -0.2) is 5.78 Å². The topological polar surface area (TPSA) is 64.7 Å². The molecule has 0 saturated carbocycles. The number of ketones is 1. The molecule has 0 aromatic heterocycles. The Bertz CT molecular complexity index is 246. The lowest BCUT2D eigenvalue weighted by Gasteiger charge is -1.89. The third-order valence-corrected chi connectivity index (χ3v) is 1.13. The first kappa shape index (κ1) is 8.39. The van der Waals surface area contributed by atoms with E-state index in [2.05, 4.69) is 0 Å². The van der Waals surface area contributed by atoms with E-state index in [4.69, 9.17) is 10.5 Å². The lowest BCUT2D eigenvalue weighted by Crippen LogP contribution is -1.94. The minimum Gasteiger partial charge on any atom is -0.295 e. The molecule has 3 heteroatoms. The van der Waals surface area contributed by atoms with Crippen LogP contribution in [-0.2, 0) is 4.79 Å². The third-order valence-electron chi connectivity index (χ3n) is 1.13. The van der Waals surface area contributed by atoms with Gasteiger partial charge in [0, 0.05) is 5.57 Å². The van der Waals surface area contributed by atoms with Crippen LogP contribution >= 0.6 is 0 Å². The van der Waals surface area contributed by atoms with Crippen LogP contribution in [0.5, 0.6) is 0 Å². The molecule has 0 aliphatic rings. The van der Waals surface area contributed by atoms with Crippen molar-refractivity contribution in [2.45, 2.75) is 13.8 Å². The van der Waals surface area contributed by atoms with Gasteiger partial charge in [0.25, 0.3) is 0 Å².